The minimum Gasteiger partial charge on any atom is -0.278 e. The third kappa shape index (κ3) is 3.42. The maximum atomic E-state index is 13.8. The largest absolute Gasteiger partial charge is 0.278 e. The molecule has 0 spiro atoms. The lowest BCUT2D eigenvalue weighted by molar-refractivity contribution is 0.577. The summed E-state index contributed by atoms with van der Waals surface area (Å²) in [6.45, 7) is 3.53. The molecule has 1 N–H and O–H groups in total. The van der Waals surface area contributed by atoms with Crippen molar-refractivity contribution in [2.75, 3.05) is 5.43 Å². The predicted octanol–water partition coefficient (Wildman–Crippen LogP) is 4.87. The SMILES string of the molecule is C/C(=N\Nc1ccc(C)cc1)c1c(F)cc(Br)cc1F. The summed E-state index contributed by atoms with van der Waals surface area (Å²) in [6.07, 6.45) is 0. The number of hydrogen-bond acceptors (Lipinski definition) is 2. The van der Waals surface area contributed by atoms with E-state index >= 15 is 0 Å². The van der Waals surface area contributed by atoms with Crippen LogP contribution < -0.4 is 5.43 Å². The van der Waals surface area contributed by atoms with Gasteiger partial charge >= 0.3 is 0 Å². The van der Waals surface area contributed by atoms with Crippen LogP contribution in [0.3, 0.4) is 0 Å². The van der Waals surface area contributed by atoms with Crippen molar-refractivity contribution in [3.8, 4) is 0 Å². The van der Waals surface area contributed by atoms with Crippen molar-refractivity contribution in [3.63, 3.8) is 0 Å². The Balaban J connectivity index is 2.25. The number of hydrazone groups is 1. The molecule has 0 fully saturated rings. The maximum Gasteiger partial charge on any atom is 0.136 e. The van der Waals surface area contributed by atoms with Crippen molar-refractivity contribution < 1.29 is 8.78 Å². The van der Waals surface area contributed by atoms with Crippen LogP contribution in [0.1, 0.15) is 18.1 Å². The van der Waals surface area contributed by atoms with Crippen LogP contribution >= 0.6 is 15.9 Å². The summed E-state index contributed by atoms with van der Waals surface area (Å²) in [6, 6.07) is 9.97. The first kappa shape index (κ1) is 14.7. The van der Waals surface area contributed by atoms with Gasteiger partial charge in [0, 0.05) is 4.47 Å². The number of halogens is 3. The number of nitrogens with zero attached hydrogens (tertiary/aromatic N) is 1. The molecule has 0 aromatic heterocycles. The van der Waals surface area contributed by atoms with E-state index < -0.39 is 11.6 Å². The van der Waals surface area contributed by atoms with E-state index in [0.29, 0.717) is 4.47 Å². The fraction of sp³-hybridized carbons (Fsp3) is 0.133. The van der Waals surface area contributed by atoms with Gasteiger partial charge in [-0.3, -0.25) is 5.43 Å². The Kier molecular flexibility index (Phi) is 4.49. The molecule has 5 heteroatoms. The molecule has 20 heavy (non-hydrogen) atoms. The van der Waals surface area contributed by atoms with E-state index in [1.165, 1.54) is 12.1 Å². The molecule has 0 bridgehead atoms. The fourth-order valence-corrected chi connectivity index (χ4v) is 2.12. The van der Waals surface area contributed by atoms with Crippen LogP contribution in [0.25, 0.3) is 0 Å². The van der Waals surface area contributed by atoms with Crippen molar-refractivity contribution in [3.05, 3.63) is 63.6 Å². The molecule has 0 heterocycles. The van der Waals surface area contributed by atoms with E-state index in [9.17, 15) is 8.78 Å². The smallest absolute Gasteiger partial charge is 0.136 e. The highest BCUT2D eigenvalue weighted by atomic mass is 79.9. The van der Waals surface area contributed by atoms with Gasteiger partial charge in [0.2, 0.25) is 0 Å². The van der Waals surface area contributed by atoms with E-state index in [4.69, 9.17) is 0 Å². The van der Waals surface area contributed by atoms with Crippen LogP contribution in [-0.4, -0.2) is 5.71 Å². The number of nitrogens with one attached hydrogen (secondary N) is 1. The zero-order chi connectivity index (χ0) is 14.7. The molecule has 2 rings (SSSR count). The topological polar surface area (TPSA) is 24.4 Å². The summed E-state index contributed by atoms with van der Waals surface area (Å²) >= 11 is 3.04. The highest BCUT2D eigenvalue weighted by Gasteiger charge is 2.13. The van der Waals surface area contributed by atoms with Gasteiger partial charge in [0.15, 0.2) is 0 Å². The Hall–Kier alpha value is -1.75. The van der Waals surface area contributed by atoms with E-state index in [-0.39, 0.29) is 11.3 Å². The first-order valence-electron chi connectivity index (χ1n) is 5.99. The molecule has 0 aliphatic rings. The van der Waals surface area contributed by atoms with Crippen LogP contribution in [0.2, 0.25) is 0 Å². The number of benzene rings is 2. The second kappa shape index (κ2) is 6.13. The molecule has 0 aliphatic carbocycles. The Bertz CT molecular complexity index is 628. The van der Waals surface area contributed by atoms with Gasteiger partial charge in [0.25, 0.3) is 0 Å². The van der Waals surface area contributed by atoms with Crippen molar-refractivity contribution in [1.29, 1.82) is 0 Å². The standard InChI is InChI=1S/C15H13BrF2N2/c1-9-3-5-12(6-4-9)20-19-10(2)15-13(17)7-11(16)8-14(15)18/h3-8,20H,1-2H3/b19-10+. The lowest BCUT2D eigenvalue weighted by atomic mass is 10.1. The molecule has 2 aromatic rings. The molecular formula is C15H13BrF2N2. The molecule has 2 nitrogen and oxygen atoms in total. The summed E-state index contributed by atoms with van der Waals surface area (Å²) < 4.78 is 27.9. The average molecular weight is 339 g/mol. The van der Waals surface area contributed by atoms with Crippen LogP contribution in [-0.2, 0) is 0 Å². The van der Waals surface area contributed by atoms with Gasteiger partial charge in [0.1, 0.15) is 11.6 Å². The fourth-order valence-electron chi connectivity index (χ4n) is 1.72. The van der Waals surface area contributed by atoms with Gasteiger partial charge in [-0.25, -0.2) is 8.78 Å². The average Bonchev–Trinajstić information content (AvgIpc) is 2.37. The zero-order valence-electron chi connectivity index (χ0n) is 11.0. The van der Waals surface area contributed by atoms with Gasteiger partial charge in [-0.15, -0.1) is 0 Å². The van der Waals surface area contributed by atoms with Crippen LogP contribution in [0.5, 0.6) is 0 Å². The van der Waals surface area contributed by atoms with E-state index in [1.807, 2.05) is 31.2 Å². The summed E-state index contributed by atoms with van der Waals surface area (Å²) in [7, 11) is 0. The third-order valence-electron chi connectivity index (χ3n) is 2.77. The molecule has 0 aliphatic heterocycles. The van der Waals surface area contributed by atoms with E-state index in [0.717, 1.165) is 11.3 Å². The lowest BCUT2D eigenvalue weighted by Gasteiger charge is -2.07. The first-order chi connectivity index (χ1) is 9.47. The summed E-state index contributed by atoms with van der Waals surface area (Å²) in [5, 5.41) is 4.02. The molecule has 0 saturated heterocycles. The quantitative estimate of drug-likeness (QED) is 0.626. The van der Waals surface area contributed by atoms with Gasteiger partial charge in [-0.2, -0.15) is 5.10 Å². The Morgan fingerprint density at radius 3 is 2.20 bits per heavy atom. The number of hydrogen-bond donors (Lipinski definition) is 1. The molecule has 2 aromatic carbocycles. The molecule has 104 valence electrons. The van der Waals surface area contributed by atoms with Gasteiger partial charge in [-0.1, -0.05) is 33.6 Å². The van der Waals surface area contributed by atoms with Crippen LogP contribution in [0.4, 0.5) is 14.5 Å². The Morgan fingerprint density at radius 2 is 1.65 bits per heavy atom. The molecule has 0 atom stereocenters. The lowest BCUT2D eigenvalue weighted by Crippen LogP contribution is -2.06. The zero-order valence-corrected chi connectivity index (χ0v) is 12.6. The van der Waals surface area contributed by atoms with Crippen molar-refractivity contribution in [2.45, 2.75) is 13.8 Å². The van der Waals surface area contributed by atoms with Crippen molar-refractivity contribution >= 4 is 27.3 Å². The van der Waals surface area contributed by atoms with Gasteiger partial charge < -0.3 is 0 Å². The molecule has 0 radical (unpaired) electrons. The highest BCUT2D eigenvalue weighted by Crippen LogP contribution is 2.20. The summed E-state index contributed by atoms with van der Waals surface area (Å²) in [4.78, 5) is 0. The van der Waals surface area contributed by atoms with Gasteiger partial charge in [0.05, 0.1) is 17.0 Å². The first-order valence-corrected chi connectivity index (χ1v) is 6.78. The van der Waals surface area contributed by atoms with Crippen molar-refractivity contribution in [2.24, 2.45) is 5.10 Å². The Morgan fingerprint density at radius 1 is 1.10 bits per heavy atom. The molecule has 0 unspecified atom stereocenters. The molecule has 0 amide bonds. The van der Waals surface area contributed by atoms with Crippen molar-refractivity contribution in [1.82, 2.24) is 0 Å². The second-order valence-electron chi connectivity index (χ2n) is 4.42. The summed E-state index contributed by atoms with van der Waals surface area (Å²) in [5.41, 5.74) is 4.78. The Labute approximate surface area is 124 Å². The minimum atomic E-state index is -0.649. The number of rotatable bonds is 3. The van der Waals surface area contributed by atoms with E-state index in [1.54, 1.807) is 6.92 Å². The van der Waals surface area contributed by atoms with Crippen LogP contribution in [0.15, 0.2) is 46.0 Å². The third-order valence-corrected chi connectivity index (χ3v) is 3.23. The van der Waals surface area contributed by atoms with E-state index in [2.05, 4.69) is 26.5 Å². The highest BCUT2D eigenvalue weighted by molar-refractivity contribution is 9.10. The normalized spacial score (nSPS) is 11.6. The minimum absolute atomic E-state index is 0.132. The molecular weight excluding hydrogens is 326 g/mol. The molecule has 0 saturated carbocycles. The maximum absolute atomic E-state index is 13.8. The number of aryl methyl sites for hydroxylation is 1. The predicted molar refractivity (Wildman–Crippen MR) is 81.1 cm³/mol. The second-order valence-corrected chi connectivity index (χ2v) is 5.34. The van der Waals surface area contributed by atoms with Crippen LogP contribution in [0, 0.1) is 18.6 Å². The van der Waals surface area contributed by atoms with Gasteiger partial charge in [-0.05, 0) is 38.1 Å². The number of anilines is 1. The summed E-state index contributed by atoms with van der Waals surface area (Å²) in [5.74, 6) is -1.30. The monoisotopic (exact) mass is 338 g/mol.